The van der Waals surface area contributed by atoms with Crippen LogP contribution in [-0.2, 0) is 14.3 Å². The summed E-state index contributed by atoms with van der Waals surface area (Å²) in [5.74, 6) is -1.41. The number of carboxylic acids is 1. The molecule has 7 heteroatoms. The van der Waals surface area contributed by atoms with Gasteiger partial charge in [-0.2, -0.15) is 0 Å². The molecule has 1 aliphatic rings. The van der Waals surface area contributed by atoms with Crippen LogP contribution in [0.2, 0.25) is 0 Å². The molecule has 1 rings (SSSR count). The van der Waals surface area contributed by atoms with E-state index in [1.165, 1.54) is 0 Å². The number of hydrogen-bond acceptors (Lipinski definition) is 6. The van der Waals surface area contributed by atoms with Gasteiger partial charge in [0.2, 0.25) is 0 Å². The molecule has 1 saturated heterocycles. The second kappa shape index (κ2) is 6.44. The molecule has 0 aromatic heterocycles. The number of rotatable bonds is 5. The average molecular weight is 264 g/mol. The molecule has 0 aliphatic carbocycles. The zero-order valence-electron chi connectivity index (χ0n) is 10.4. The van der Waals surface area contributed by atoms with Crippen LogP contribution in [0.15, 0.2) is 0 Å². The Balaban J connectivity index is 2.69. The molecule has 0 unspecified atom stereocenters. The molecule has 106 valence electrons. The van der Waals surface area contributed by atoms with E-state index in [0.29, 0.717) is 6.42 Å². The van der Waals surface area contributed by atoms with E-state index >= 15 is 0 Å². The monoisotopic (exact) mass is 264 g/mol. The Kier molecular flexibility index (Phi) is 5.48. The summed E-state index contributed by atoms with van der Waals surface area (Å²) in [6, 6.07) is 0. The van der Waals surface area contributed by atoms with Crippen molar-refractivity contribution < 1.29 is 34.7 Å². The number of aliphatic hydroxyl groups is 3. The van der Waals surface area contributed by atoms with Crippen LogP contribution in [0.1, 0.15) is 26.7 Å². The van der Waals surface area contributed by atoms with Crippen LogP contribution in [-0.4, -0.2) is 63.2 Å². The molecule has 0 saturated carbocycles. The largest absolute Gasteiger partial charge is 0.479 e. The fourth-order valence-electron chi connectivity index (χ4n) is 1.87. The Morgan fingerprint density at radius 3 is 2.39 bits per heavy atom. The molecular formula is C11H20O7. The van der Waals surface area contributed by atoms with E-state index in [9.17, 15) is 20.1 Å². The number of aliphatic carboxylic acids is 1. The summed E-state index contributed by atoms with van der Waals surface area (Å²) < 4.78 is 10.3. The summed E-state index contributed by atoms with van der Waals surface area (Å²) in [6.45, 7) is 3.71. The Morgan fingerprint density at radius 2 is 1.89 bits per heavy atom. The lowest BCUT2D eigenvalue weighted by Crippen LogP contribution is -2.60. The molecule has 0 aromatic rings. The quantitative estimate of drug-likeness (QED) is 0.507. The van der Waals surface area contributed by atoms with E-state index < -0.39 is 36.7 Å². The highest BCUT2D eigenvalue weighted by Gasteiger charge is 2.47. The fourth-order valence-corrected chi connectivity index (χ4v) is 1.87. The van der Waals surface area contributed by atoms with Gasteiger partial charge in [-0.25, -0.2) is 4.79 Å². The topological polar surface area (TPSA) is 116 Å². The minimum Gasteiger partial charge on any atom is -0.479 e. The fraction of sp³-hybridized carbons (Fsp3) is 0.909. The summed E-state index contributed by atoms with van der Waals surface area (Å²) in [7, 11) is 0. The van der Waals surface area contributed by atoms with Crippen molar-refractivity contribution in [3.05, 3.63) is 0 Å². The standard InChI is InChI=1S/C11H20O7/c1-3-4-5(2)17-11-8(14)6(12)7(13)9(18-11)10(15)16/h5-9,11-14H,3-4H2,1-2H3,(H,15,16)/t5-,6-,7-,8+,9-,11+/m0/s1. The van der Waals surface area contributed by atoms with Crippen molar-refractivity contribution in [3.63, 3.8) is 0 Å². The van der Waals surface area contributed by atoms with Gasteiger partial charge in [0.25, 0.3) is 0 Å². The second-order valence-electron chi connectivity index (χ2n) is 4.47. The molecule has 0 radical (unpaired) electrons. The van der Waals surface area contributed by atoms with E-state index in [-0.39, 0.29) is 6.10 Å². The van der Waals surface area contributed by atoms with Crippen LogP contribution < -0.4 is 0 Å². The maximum Gasteiger partial charge on any atom is 0.335 e. The Hall–Kier alpha value is -0.730. The molecule has 0 amide bonds. The van der Waals surface area contributed by atoms with Crippen molar-refractivity contribution in [2.45, 2.75) is 63.5 Å². The molecule has 1 fully saturated rings. The van der Waals surface area contributed by atoms with Gasteiger partial charge in [-0.05, 0) is 13.3 Å². The summed E-state index contributed by atoms with van der Waals surface area (Å²) in [6.07, 6.45) is -6.31. The lowest BCUT2D eigenvalue weighted by atomic mass is 9.99. The maximum absolute atomic E-state index is 10.8. The predicted octanol–water partition coefficient (Wildman–Crippen LogP) is -0.916. The van der Waals surface area contributed by atoms with Gasteiger partial charge in [-0.3, -0.25) is 0 Å². The Morgan fingerprint density at radius 1 is 1.28 bits per heavy atom. The van der Waals surface area contributed by atoms with E-state index in [1.807, 2.05) is 6.92 Å². The molecule has 18 heavy (non-hydrogen) atoms. The van der Waals surface area contributed by atoms with E-state index in [0.717, 1.165) is 6.42 Å². The van der Waals surface area contributed by atoms with Crippen molar-refractivity contribution in [2.75, 3.05) is 0 Å². The average Bonchev–Trinajstić information content (AvgIpc) is 2.30. The van der Waals surface area contributed by atoms with E-state index in [1.54, 1.807) is 6.92 Å². The molecule has 0 bridgehead atoms. The van der Waals surface area contributed by atoms with E-state index in [2.05, 4.69) is 0 Å². The van der Waals surface area contributed by atoms with Gasteiger partial charge in [-0.15, -0.1) is 0 Å². The first-order valence-corrected chi connectivity index (χ1v) is 5.96. The van der Waals surface area contributed by atoms with Crippen LogP contribution in [0.3, 0.4) is 0 Å². The van der Waals surface area contributed by atoms with Gasteiger partial charge >= 0.3 is 5.97 Å². The van der Waals surface area contributed by atoms with Crippen molar-refractivity contribution in [3.8, 4) is 0 Å². The van der Waals surface area contributed by atoms with Crippen molar-refractivity contribution in [1.82, 2.24) is 0 Å². The third-order valence-electron chi connectivity index (χ3n) is 2.87. The van der Waals surface area contributed by atoms with Gasteiger partial charge in [0.15, 0.2) is 12.4 Å². The van der Waals surface area contributed by atoms with Crippen LogP contribution in [0, 0.1) is 0 Å². The highest BCUT2D eigenvalue weighted by Crippen LogP contribution is 2.23. The first-order valence-electron chi connectivity index (χ1n) is 5.96. The van der Waals surface area contributed by atoms with Crippen LogP contribution in [0.4, 0.5) is 0 Å². The molecule has 0 aromatic carbocycles. The van der Waals surface area contributed by atoms with E-state index in [4.69, 9.17) is 14.6 Å². The minimum atomic E-state index is -1.68. The Labute approximate surface area is 105 Å². The van der Waals surface area contributed by atoms with Gasteiger partial charge in [-0.1, -0.05) is 13.3 Å². The Bertz CT molecular complexity index is 283. The molecule has 0 spiro atoms. The lowest BCUT2D eigenvalue weighted by Gasteiger charge is -2.39. The van der Waals surface area contributed by atoms with Crippen molar-refractivity contribution >= 4 is 5.97 Å². The summed E-state index contributed by atoms with van der Waals surface area (Å²) >= 11 is 0. The van der Waals surface area contributed by atoms with Crippen LogP contribution >= 0.6 is 0 Å². The molecule has 6 atom stereocenters. The summed E-state index contributed by atoms with van der Waals surface area (Å²) in [5.41, 5.74) is 0. The highest BCUT2D eigenvalue weighted by molar-refractivity contribution is 5.73. The normalized spacial score (nSPS) is 38.4. The minimum absolute atomic E-state index is 0.244. The number of carboxylic acid groups (broad SMARTS) is 1. The third-order valence-corrected chi connectivity index (χ3v) is 2.87. The molecule has 4 N–H and O–H groups in total. The number of hydrogen-bond donors (Lipinski definition) is 4. The van der Waals surface area contributed by atoms with Crippen molar-refractivity contribution in [1.29, 1.82) is 0 Å². The van der Waals surface area contributed by atoms with Gasteiger partial charge in [0, 0.05) is 0 Å². The molecular weight excluding hydrogens is 244 g/mol. The van der Waals surface area contributed by atoms with Gasteiger partial charge in [0.05, 0.1) is 6.10 Å². The second-order valence-corrected chi connectivity index (χ2v) is 4.47. The predicted molar refractivity (Wildman–Crippen MR) is 59.8 cm³/mol. The maximum atomic E-state index is 10.8. The highest BCUT2D eigenvalue weighted by atomic mass is 16.7. The van der Waals surface area contributed by atoms with Crippen LogP contribution in [0.5, 0.6) is 0 Å². The first kappa shape index (κ1) is 15.3. The number of carbonyl (C=O) groups is 1. The van der Waals surface area contributed by atoms with Gasteiger partial charge < -0.3 is 29.9 Å². The smallest absolute Gasteiger partial charge is 0.335 e. The number of aliphatic hydroxyl groups excluding tert-OH is 3. The number of ether oxygens (including phenoxy) is 2. The molecule has 7 nitrogen and oxygen atoms in total. The van der Waals surface area contributed by atoms with Crippen molar-refractivity contribution in [2.24, 2.45) is 0 Å². The zero-order valence-corrected chi connectivity index (χ0v) is 10.4. The summed E-state index contributed by atoms with van der Waals surface area (Å²) in [5, 5.41) is 37.5. The SMILES string of the molecule is CCC[C@H](C)O[C@@H]1O[C@H](C(=O)O)[C@@H](O)[C@H](O)[C@H]1O. The van der Waals surface area contributed by atoms with Crippen LogP contribution in [0.25, 0.3) is 0 Å². The molecule has 1 heterocycles. The molecule has 1 aliphatic heterocycles. The lowest BCUT2D eigenvalue weighted by molar-refractivity contribution is -0.303. The first-order chi connectivity index (χ1) is 8.38. The third kappa shape index (κ3) is 3.39. The van der Waals surface area contributed by atoms with Gasteiger partial charge in [0.1, 0.15) is 18.3 Å². The summed E-state index contributed by atoms with van der Waals surface area (Å²) in [4.78, 5) is 10.8. The zero-order chi connectivity index (χ0) is 13.9.